The molecule has 0 atom stereocenters. The Bertz CT molecular complexity index is 380. The van der Waals surface area contributed by atoms with Gasteiger partial charge >= 0.3 is 0 Å². The summed E-state index contributed by atoms with van der Waals surface area (Å²) in [6.45, 7) is 4.10. The van der Waals surface area contributed by atoms with E-state index in [1.165, 1.54) is 11.8 Å². The number of hydrogen-bond donors (Lipinski definition) is 1. The average molecular weight is 300 g/mol. The lowest BCUT2D eigenvalue weighted by Gasteiger charge is -2.11. The maximum atomic E-state index is 5.71. The Morgan fingerprint density at radius 1 is 1.38 bits per heavy atom. The van der Waals surface area contributed by atoms with Crippen LogP contribution in [0.4, 0.5) is 5.95 Å². The molecule has 0 bridgehead atoms. The molecule has 0 radical (unpaired) electrons. The van der Waals surface area contributed by atoms with Crippen molar-refractivity contribution in [1.82, 2.24) is 15.0 Å². The van der Waals surface area contributed by atoms with E-state index in [2.05, 4.69) is 26.8 Å². The molecule has 8 heteroatoms. The molecular formula is C8H9Cl3N4S. The monoisotopic (exact) mass is 298 g/mol. The molecule has 16 heavy (non-hydrogen) atoms. The second-order valence-corrected chi connectivity index (χ2v) is 5.69. The van der Waals surface area contributed by atoms with E-state index in [0.717, 1.165) is 0 Å². The van der Waals surface area contributed by atoms with Crippen LogP contribution in [0.1, 0.15) is 5.82 Å². The third kappa shape index (κ3) is 3.97. The fraction of sp³-hybridized carbons (Fsp3) is 0.375. The minimum atomic E-state index is -1.65. The van der Waals surface area contributed by atoms with Gasteiger partial charge < -0.3 is 5.32 Å². The van der Waals surface area contributed by atoms with Gasteiger partial charge in [-0.25, -0.2) is 4.98 Å². The average Bonchev–Trinajstić information content (AvgIpc) is 2.24. The van der Waals surface area contributed by atoms with Crippen LogP contribution in [-0.2, 0) is 3.79 Å². The first-order valence-corrected chi connectivity index (χ1v) is 6.55. The Balaban J connectivity index is 3.05. The van der Waals surface area contributed by atoms with Crippen LogP contribution in [0.2, 0.25) is 0 Å². The van der Waals surface area contributed by atoms with Gasteiger partial charge in [-0.05, 0) is 6.26 Å². The van der Waals surface area contributed by atoms with Gasteiger partial charge in [0.25, 0.3) is 0 Å². The third-order valence-corrected chi connectivity index (χ3v) is 2.51. The fourth-order valence-electron chi connectivity index (χ4n) is 0.817. The van der Waals surface area contributed by atoms with Crippen LogP contribution in [0.3, 0.4) is 0 Å². The molecule has 1 heterocycles. The van der Waals surface area contributed by atoms with Crippen molar-refractivity contribution in [3.8, 4) is 0 Å². The van der Waals surface area contributed by atoms with Crippen LogP contribution in [0.5, 0.6) is 0 Å². The molecule has 1 aromatic rings. The number of nitrogens with one attached hydrogen (secondary N) is 1. The van der Waals surface area contributed by atoms with E-state index in [9.17, 15) is 0 Å². The summed E-state index contributed by atoms with van der Waals surface area (Å²) in [5, 5.41) is 3.40. The zero-order chi connectivity index (χ0) is 12.2. The van der Waals surface area contributed by atoms with Gasteiger partial charge in [-0.1, -0.05) is 52.6 Å². The Labute approximate surface area is 113 Å². The summed E-state index contributed by atoms with van der Waals surface area (Å²) in [6, 6.07) is 0. The van der Waals surface area contributed by atoms with Crippen LogP contribution < -0.4 is 5.32 Å². The summed E-state index contributed by atoms with van der Waals surface area (Å²) >= 11 is 18.5. The molecule has 88 valence electrons. The van der Waals surface area contributed by atoms with Crippen molar-refractivity contribution in [2.45, 2.75) is 8.95 Å². The molecule has 0 aliphatic rings. The minimum Gasteiger partial charge on any atom is -0.351 e. The van der Waals surface area contributed by atoms with Gasteiger partial charge in [0, 0.05) is 6.54 Å². The molecule has 0 aromatic carbocycles. The van der Waals surface area contributed by atoms with E-state index in [1.807, 2.05) is 6.26 Å². The standard InChI is InChI=1S/C8H9Cl3N4S/c1-3-4-12-6-13-5(8(9,10)11)14-7(15-6)16-2/h3H,1,4H2,2H3,(H,12,13,14,15). The van der Waals surface area contributed by atoms with Gasteiger partial charge in [0.05, 0.1) is 0 Å². The van der Waals surface area contributed by atoms with E-state index in [-0.39, 0.29) is 5.82 Å². The molecule has 0 amide bonds. The molecule has 0 saturated carbocycles. The molecule has 1 rings (SSSR count). The highest BCUT2D eigenvalue weighted by Crippen LogP contribution is 2.36. The Kier molecular flexibility index (Phi) is 5.11. The van der Waals surface area contributed by atoms with Gasteiger partial charge in [0.15, 0.2) is 11.0 Å². The second kappa shape index (κ2) is 5.91. The Hall–Kier alpha value is -0.230. The number of aromatic nitrogens is 3. The lowest BCUT2D eigenvalue weighted by molar-refractivity contribution is 0.828. The topological polar surface area (TPSA) is 50.7 Å². The van der Waals surface area contributed by atoms with Crippen molar-refractivity contribution in [2.24, 2.45) is 0 Å². The molecule has 4 nitrogen and oxygen atoms in total. The third-order valence-electron chi connectivity index (χ3n) is 1.46. The van der Waals surface area contributed by atoms with E-state index in [1.54, 1.807) is 6.08 Å². The van der Waals surface area contributed by atoms with Crippen LogP contribution in [0.25, 0.3) is 0 Å². The number of alkyl halides is 3. The quantitative estimate of drug-likeness (QED) is 0.526. The normalized spacial score (nSPS) is 11.2. The predicted molar refractivity (Wildman–Crippen MR) is 69.5 cm³/mol. The first-order chi connectivity index (χ1) is 7.47. The Morgan fingerprint density at radius 2 is 2.06 bits per heavy atom. The number of rotatable bonds is 4. The van der Waals surface area contributed by atoms with Crippen molar-refractivity contribution >= 4 is 52.5 Å². The maximum absolute atomic E-state index is 5.71. The molecule has 0 aliphatic carbocycles. The zero-order valence-corrected chi connectivity index (χ0v) is 11.5. The number of anilines is 1. The van der Waals surface area contributed by atoms with Gasteiger partial charge in [0.1, 0.15) is 0 Å². The molecule has 1 N–H and O–H groups in total. The van der Waals surface area contributed by atoms with E-state index >= 15 is 0 Å². The van der Waals surface area contributed by atoms with Crippen molar-refractivity contribution < 1.29 is 0 Å². The zero-order valence-electron chi connectivity index (χ0n) is 8.38. The highest BCUT2D eigenvalue weighted by Gasteiger charge is 2.28. The first-order valence-electron chi connectivity index (χ1n) is 4.19. The van der Waals surface area contributed by atoms with Gasteiger partial charge in [-0.2, -0.15) is 9.97 Å². The minimum absolute atomic E-state index is 0.100. The molecule has 0 aliphatic heterocycles. The summed E-state index contributed by atoms with van der Waals surface area (Å²) in [7, 11) is 0. The van der Waals surface area contributed by atoms with Crippen molar-refractivity contribution in [3.63, 3.8) is 0 Å². The van der Waals surface area contributed by atoms with Crippen molar-refractivity contribution in [3.05, 3.63) is 18.5 Å². The van der Waals surface area contributed by atoms with Gasteiger partial charge in [0.2, 0.25) is 9.74 Å². The lowest BCUT2D eigenvalue weighted by Crippen LogP contribution is -2.13. The first kappa shape index (κ1) is 13.8. The van der Waals surface area contributed by atoms with Crippen LogP contribution in [-0.4, -0.2) is 27.8 Å². The maximum Gasteiger partial charge on any atom is 0.250 e. The summed E-state index contributed by atoms with van der Waals surface area (Å²) in [4.78, 5) is 12.1. The molecule has 0 saturated heterocycles. The van der Waals surface area contributed by atoms with Crippen LogP contribution in [0, 0.1) is 0 Å². The summed E-state index contributed by atoms with van der Waals surface area (Å²) < 4.78 is -1.65. The van der Waals surface area contributed by atoms with E-state index in [4.69, 9.17) is 34.8 Å². The van der Waals surface area contributed by atoms with Crippen molar-refractivity contribution in [1.29, 1.82) is 0 Å². The summed E-state index contributed by atoms with van der Waals surface area (Å²) in [5.41, 5.74) is 0. The highest BCUT2D eigenvalue weighted by molar-refractivity contribution is 7.98. The second-order valence-electron chi connectivity index (χ2n) is 2.64. The highest BCUT2D eigenvalue weighted by atomic mass is 35.6. The van der Waals surface area contributed by atoms with Crippen molar-refractivity contribution in [2.75, 3.05) is 18.1 Å². The predicted octanol–water partition coefficient (Wildman–Crippen LogP) is 3.02. The smallest absolute Gasteiger partial charge is 0.250 e. The van der Waals surface area contributed by atoms with Gasteiger partial charge in [-0.3, -0.25) is 0 Å². The summed E-state index contributed by atoms with van der Waals surface area (Å²) in [6.07, 6.45) is 3.51. The number of thioether (sulfide) groups is 1. The molecule has 0 fully saturated rings. The Morgan fingerprint density at radius 3 is 2.56 bits per heavy atom. The molecule has 0 spiro atoms. The van der Waals surface area contributed by atoms with E-state index < -0.39 is 3.79 Å². The lowest BCUT2D eigenvalue weighted by atomic mass is 10.6. The van der Waals surface area contributed by atoms with E-state index in [0.29, 0.717) is 17.6 Å². The van der Waals surface area contributed by atoms with Crippen LogP contribution >= 0.6 is 46.6 Å². The molecule has 1 aromatic heterocycles. The number of halogens is 3. The van der Waals surface area contributed by atoms with Gasteiger partial charge in [-0.15, -0.1) is 6.58 Å². The molecular weight excluding hydrogens is 291 g/mol. The number of hydrogen-bond acceptors (Lipinski definition) is 5. The largest absolute Gasteiger partial charge is 0.351 e. The summed E-state index contributed by atoms with van der Waals surface area (Å²) in [5.74, 6) is 0.462. The SMILES string of the molecule is C=CCNc1nc(SC)nc(C(Cl)(Cl)Cl)n1. The fourth-order valence-corrected chi connectivity index (χ4v) is 1.43. The number of nitrogens with zero attached hydrogens (tertiary/aromatic N) is 3. The molecule has 0 unspecified atom stereocenters. The van der Waals surface area contributed by atoms with Crippen LogP contribution in [0.15, 0.2) is 17.8 Å².